The first-order chi connectivity index (χ1) is 13.9. The van der Waals surface area contributed by atoms with Crippen LogP contribution in [-0.2, 0) is 14.3 Å². The van der Waals surface area contributed by atoms with E-state index >= 15 is 0 Å². The van der Waals surface area contributed by atoms with E-state index < -0.39 is 11.9 Å². The number of carbonyl (C=O) groups is 2. The van der Waals surface area contributed by atoms with Crippen molar-refractivity contribution in [2.75, 3.05) is 25.7 Å². The van der Waals surface area contributed by atoms with E-state index in [4.69, 9.17) is 14.2 Å². The van der Waals surface area contributed by atoms with Crippen LogP contribution in [0.15, 0.2) is 47.7 Å². The maximum absolute atomic E-state index is 13.1. The summed E-state index contributed by atoms with van der Waals surface area (Å²) in [4.78, 5) is 27.2. The highest BCUT2D eigenvalue weighted by molar-refractivity contribution is 6.06. The van der Waals surface area contributed by atoms with Crippen molar-refractivity contribution in [1.29, 1.82) is 0 Å². The Morgan fingerprint density at radius 2 is 1.69 bits per heavy atom. The molecule has 2 aromatic rings. The minimum atomic E-state index is -0.516. The number of hydrogen-bond acceptors (Lipinski definition) is 6. The molecule has 0 saturated heterocycles. The molecule has 1 amide bonds. The third-order valence-electron chi connectivity index (χ3n) is 5.31. The molecule has 0 radical (unpaired) electrons. The van der Waals surface area contributed by atoms with Gasteiger partial charge < -0.3 is 19.3 Å². The Kier molecular flexibility index (Phi) is 4.66. The minimum Gasteiger partial charge on any atom is -0.502 e. The van der Waals surface area contributed by atoms with E-state index in [1.165, 1.54) is 14.2 Å². The van der Waals surface area contributed by atoms with Crippen LogP contribution in [0.3, 0.4) is 0 Å². The van der Waals surface area contributed by atoms with Crippen LogP contribution >= 0.6 is 0 Å². The Hall–Kier alpha value is -3.48. The van der Waals surface area contributed by atoms with Crippen LogP contribution in [0.4, 0.5) is 5.69 Å². The van der Waals surface area contributed by atoms with Crippen molar-refractivity contribution in [3.05, 3.63) is 58.8 Å². The van der Waals surface area contributed by atoms with Crippen molar-refractivity contribution < 1.29 is 28.9 Å². The first-order valence-electron chi connectivity index (χ1n) is 9.19. The first-order valence-corrected chi connectivity index (χ1v) is 9.19. The van der Waals surface area contributed by atoms with Crippen molar-refractivity contribution in [2.45, 2.75) is 19.3 Å². The Morgan fingerprint density at radius 3 is 2.28 bits per heavy atom. The fourth-order valence-corrected chi connectivity index (χ4v) is 3.85. The standard InChI is InChI=1S/C22H21NO6/c1-12-4-6-14(7-5-12)23-16-11-29-22(26)20(16)15(10-19(23)24)13-8-17(27-2)21(25)18(9-13)28-3/h4-9,15,25H,10-11H2,1-3H3/t15-/m0/s1. The van der Waals surface area contributed by atoms with Crippen LogP contribution in [0.2, 0.25) is 0 Å². The lowest BCUT2D eigenvalue weighted by atomic mass is 9.83. The molecule has 0 aliphatic carbocycles. The van der Waals surface area contributed by atoms with Gasteiger partial charge in [-0.3, -0.25) is 9.69 Å². The number of anilines is 1. The Morgan fingerprint density at radius 1 is 1.07 bits per heavy atom. The smallest absolute Gasteiger partial charge is 0.336 e. The molecule has 29 heavy (non-hydrogen) atoms. The van der Waals surface area contributed by atoms with E-state index in [0.29, 0.717) is 22.5 Å². The second-order valence-corrected chi connectivity index (χ2v) is 7.03. The lowest BCUT2D eigenvalue weighted by Crippen LogP contribution is -2.37. The summed E-state index contributed by atoms with van der Waals surface area (Å²) in [6.45, 7) is 2.01. The fraction of sp³-hybridized carbons (Fsp3) is 0.273. The highest BCUT2D eigenvalue weighted by Gasteiger charge is 2.43. The number of amides is 1. The number of aryl methyl sites for hydroxylation is 1. The van der Waals surface area contributed by atoms with Crippen molar-refractivity contribution >= 4 is 17.6 Å². The van der Waals surface area contributed by atoms with E-state index in [1.807, 2.05) is 31.2 Å². The molecule has 4 rings (SSSR count). The molecule has 2 aliphatic rings. The number of ether oxygens (including phenoxy) is 3. The number of nitrogens with zero attached hydrogens (tertiary/aromatic N) is 1. The molecule has 0 bridgehead atoms. The molecule has 0 saturated carbocycles. The summed E-state index contributed by atoms with van der Waals surface area (Å²) in [6, 6.07) is 10.8. The first kappa shape index (κ1) is 18.9. The summed E-state index contributed by atoms with van der Waals surface area (Å²) in [7, 11) is 2.86. The molecule has 0 unspecified atom stereocenters. The zero-order valence-corrected chi connectivity index (χ0v) is 16.4. The number of phenols is 1. The lowest BCUT2D eigenvalue weighted by molar-refractivity contribution is -0.136. The van der Waals surface area contributed by atoms with Crippen molar-refractivity contribution in [2.24, 2.45) is 0 Å². The normalized spacial score (nSPS) is 18.6. The van der Waals surface area contributed by atoms with Crippen LogP contribution in [0, 0.1) is 6.92 Å². The second kappa shape index (κ2) is 7.16. The maximum atomic E-state index is 13.1. The third-order valence-corrected chi connectivity index (χ3v) is 5.31. The largest absolute Gasteiger partial charge is 0.502 e. The molecule has 1 atom stereocenters. The summed E-state index contributed by atoms with van der Waals surface area (Å²) < 4.78 is 15.7. The average Bonchev–Trinajstić information content (AvgIpc) is 3.10. The monoisotopic (exact) mass is 395 g/mol. The number of carbonyl (C=O) groups excluding carboxylic acids is 2. The van der Waals surface area contributed by atoms with Gasteiger partial charge >= 0.3 is 5.97 Å². The minimum absolute atomic E-state index is 0.0383. The summed E-state index contributed by atoms with van der Waals surface area (Å²) in [5.41, 5.74) is 3.41. The lowest BCUT2D eigenvalue weighted by Gasteiger charge is -2.32. The van der Waals surface area contributed by atoms with E-state index in [9.17, 15) is 14.7 Å². The topological polar surface area (TPSA) is 85.3 Å². The van der Waals surface area contributed by atoms with Gasteiger partial charge in [-0.05, 0) is 36.8 Å². The Labute approximate surface area is 168 Å². The van der Waals surface area contributed by atoms with Gasteiger partial charge in [0.1, 0.15) is 6.61 Å². The Bertz CT molecular complexity index is 999. The Balaban J connectivity index is 1.84. The predicted molar refractivity (Wildman–Crippen MR) is 105 cm³/mol. The second-order valence-electron chi connectivity index (χ2n) is 7.03. The molecule has 150 valence electrons. The zero-order valence-electron chi connectivity index (χ0n) is 16.4. The van der Waals surface area contributed by atoms with Gasteiger partial charge in [0.05, 0.1) is 25.5 Å². The van der Waals surface area contributed by atoms with Gasteiger partial charge in [0.25, 0.3) is 0 Å². The number of esters is 1. The molecule has 2 aliphatic heterocycles. The molecule has 0 aromatic heterocycles. The average molecular weight is 395 g/mol. The van der Waals surface area contributed by atoms with Gasteiger partial charge in [-0.1, -0.05) is 17.7 Å². The number of phenolic OH excluding ortho intramolecular Hbond substituents is 1. The molecule has 2 aromatic carbocycles. The van der Waals surface area contributed by atoms with Crippen LogP contribution in [0.25, 0.3) is 0 Å². The van der Waals surface area contributed by atoms with Crippen molar-refractivity contribution in [3.8, 4) is 17.2 Å². The summed E-state index contributed by atoms with van der Waals surface area (Å²) in [5, 5.41) is 10.2. The van der Waals surface area contributed by atoms with Gasteiger partial charge in [-0.2, -0.15) is 0 Å². The van der Waals surface area contributed by atoms with Crippen LogP contribution in [0.1, 0.15) is 23.5 Å². The van der Waals surface area contributed by atoms with E-state index in [-0.39, 0.29) is 36.2 Å². The van der Waals surface area contributed by atoms with Gasteiger partial charge in [0.2, 0.25) is 11.7 Å². The maximum Gasteiger partial charge on any atom is 0.336 e. The summed E-state index contributed by atoms with van der Waals surface area (Å²) in [5.74, 6) is -0.812. The molecule has 2 heterocycles. The molecular formula is C22H21NO6. The number of methoxy groups -OCH3 is 2. The highest BCUT2D eigenvalue weighted by atomic mass is 16.5. The van der Waals surface area contributed by atoms with Gasteiger partial charge in [0, 0.05) is 18.0 Å². The molecule has 0 spiro atoms. The quantitative estimate of drug-likeness (QED) is 0.801. The molecular weight excluding hydrogens is 374 g/mol. The van der Waals surface area contributed by atoms with Crippen LogP contribution in [0.5, 0.6) is 17.2 Å². The third kappa shape index (κ3) is 3.08. The number of hydrogen-bond donors (Lipinski definition) is 1. The van der Waals surface area contributed by atoms with Crippen LogP contribution < -0.4 is 14.4 Å². The van der Waals surface area contributed by atoms with Crippen molar-refractivity contribution in [1.82, 2.24) is 0 Å². The number of cyclic esters (lactones) is 1. The van der Waals surface area contributed by atoms with E-state index in [0.717, 1.165) is 5.56 Å². The fourth-order valence-electron chi connectivity index (χ4n) is 3.85. The van der Waals surface area contributed by atoms with Gasteiger partial charge in [-0.25, -0.2) is 4.79 Å². The number of rotatable bonds is 4. The molecule has 7 nitrogen and oxygen atoms in total. The molecule has 0 fully saturated rings. The number of benzene rings is 2. The molecule has 1 N–H and O–H groups in total. The predicted octanol–water partition coefficient (Wildman–Crippen LogP) is 3.05. The zero-order chi connectivity index (χ0) is 20.7. The van der Waals surface area contributed by atoms with Crippen molar-refractivity contribution in [3.63, 3.8) is 0 Å². The van der Waals surface area contributed by atoms with Gasteiger partial charge in [0.15, 0.2) is 11.5 Å². The summed E-state index contributed by atoms with van der Waals surface area (Å²) in [6.07, 6.45) is 0.0822. The summed E-state index contributed by atoms with van der Waals surface area (Å²) >= 11 is 0. The highest BCUT2D eigenvalue weighted by Crippen LogP contribution is 2.46. The van der Waals surface area contributed by atoms with Gasteiger partial charge in [-0.15, -0.1) is 0 Å². The van der Waals surface area contributed by atoms with E-state index in [1.54, 1.807) is 17.0 Å². The molecule has 7 heteroatoms. The van der Waals surface area contributed by atoms with Crippen LogP contribution in [-0.4, -0.2) is 37.8 Å². The SMILES string of the molecule is COc1cc([C@@H]2CC(=O)N(c3ccc(C)cc3)C3=C2C(=O)OC3)cc(OC)c1O. The van der Waals surface area contributed by atoms with E-state index in [2.05, 4.69) is 0 Å². The number of aromatic hydroxyl groups is 1.